The van der Waals surface area contributed by atoms with Gasteiger partial charge in [-0.15, -0.1) is 0 Å². The molecule has 2 aromatic rings. The SMILES string of the molecule is NC(=S)c1nccnc1N(Cc1ccsc1)C1CC1. The van der Waals surface area contributed by atoms with Gasteiger partial charge in [-0.25, -0.2) is 9.97 Å². The maximum absolute atomic E-state index is 5.75. The first-order valence-corrected chi connectivity index (χ1v) is 7.49. The Labute approximate surface area is 121 Å². The molecule has 19 heavy (non-hydrogen) atoms. The van der Waals surface area contributed by atoms with Crippen LogP contribution in [0.2, 0.25) is 0 Å². The number of thiocarbonyl (C=S) groups is 1. The number of nitrogens with two attached hydrogens (primary N) is 1. The lowest BCUT2D eigenvalue weighted by atomic mass is 10.2. The molecule has 1 saturated carbocycles. The van der Waals surface area contributed by atoms with E-state index in [4.69, 9.17) is 18.0 Å². The van der Waals surface area contributed by atoms with Crippen molar-refractivity contribution < 1.29 is 0 Å². The molecule has 6 heteroatoms. The number of nitrogens with zero attached hydrogens (tertiary/aromatic N) is 3. The summed E-state index contributed by atoms with van der Waals surface area (Å²) in [6, 6.07) is 2.67. The molecule has 0 unspecified atom stereocenters. The predicted octanol–water partition coefficient (Wildman–Crippen LogP) is 2.34. The van der Waals surface area contributed by atoms with Gasteiger partial charge in [0.1, 0.15) is 10.7 Å². The smallest absolute Gasteiger partial charge is 0.158 e. The molecule has 2 N–H and O–H groups in total. The number of aromatic nitrogens is 2. The summed E-state index contributed by atoms with van der Waals surface area (Å²) in [6.45, 7) is 0.836. The molecule has 0 spiro atoms. The third-order valence-electron chi connectivity index (χ3n) is 3.11. The highest BCUT2D eigenvalue weighted by molar-refractivity contribution is 7.80. The van der Waals surface area contributed by atoms with Crippen LogP contribution < -0.4 is 10.6 Å². The first-order chi connectivity index (χ1) is 9.25. The Kier molecular flexibility index (Phi) is 3.44. The summed E-state index contributed by atoms with van der Waals surface area (Å²) in [4.78, 5) is 11.3. The van der Waals surface area contributed by atoms with Crippen LogP contribution in [0.4, 0.5) is 5.82 Å². The largest absolute Gasteiger partial charge is 0.388 e. The Bertz CT molecular complexity index is 578. The summed E-state index contributed by atoms with van der Waals surface area (Å²) in [5, 5.41) is 4.25. The normalized spacial score (nSPS) is 14.3. The number of hydrogen-bond acceptors (Lipinski definition) is 5. The van der Waals surface area contributed by atoms with E-state index in [1.165, 1.54) is 18.4 Å². The molecule has 1 aliphatic rings. The lowest BCUT2D eigenvalue weighted by molar-refractivity contribution is 0.774. The van der Waals surface area contributed by atoms with Crippen LogP contribution in [0.5, 0.6) is 0 Å². The van der Waals surface area contributed by atoms with E-state index >= 15 is 0 Å². The van der Waals surface area contributed by atoms with Crippen molar-refractivity contribution >= 4 is 34.4 Å². The Hall–Kier alpha value is -1.53. The average molecular weight is 290 g/mol. The van der Waals surface area contributed by atoms with E-state index in [1.807, 2.05) is 0 Å². The van der Waals surface area contributed by atoms with Crippen molar-refractivity contribution in [1.82, 2.24) is 9.97 Å². The van der Waals surface area contributed by atoms with Gasteiger partial charge in [-0.2, -0.15) is 11.3 Å². The third kappa shape index (κ3) is 2.74. The van der Waals surface area contributed by atoms with Gasteiger partial charge in [0, 0.05) is 25.0 Å². The Balaban J connectivity index is 1.94. The van der Waals surface area contributed by atoms with E-state index in [2.05, 4.69) is 31.7 Å². The molecule has 0 bridgehead atoms. The maximum Gasteiger partial charge on any atom is 0.158 e. The highest BCUT2D eigenvalue weighted by atomic mass is 32.1. The minimum Gasteiger partial charge on any atom is -0.388 e. The summed E-state index contributed by atoms with van der Waals surface area (Å²) in [7, 11) is 0. The number of thiophene rings is 1. The highest BCUT2D eigenvalue weighted by Gasteiger charge is 2.32. The van der Waals surface area contributed by atoms with Crippen molar-refractivity contribution in [3.05, 3.63) is 40.5 Å². The minimum atomic E-state index is 0.305. The highest BCUT2D eigenvalue weighted by Crippen LogP contribution is 2.33. The Morgan fingerprint density at radius 2 is 2.21 bits per heavy atom. The second-order valence-corrected chi connectivity index (χ2v) is 5.80. The fraction of sp³-hybridized carbons (Fsp3) is 0.308. The second-order valence-electron chi connectivity index (χ2n) is 4.58. The van der Waals surface area contributed by atoms with Gasteiger partial charge in [-0.1, -0.05) is 12.2 Å². The first-order valence-electron chi connectivity index (χ1n) is 6.14. The molecule has 98 valence electrons. The van der Waals surface area contributed by atoms with Crippen LogP contribution in [0.3, 0.4) is 0 Å². The summed E-state index contributed by atoms with van der Waals surface area (Å²) in [5.41, 5.74) is 7.66. The maximum atomic E-state index is 5.75. The van der Waals surface area contributed by atoms with Crippen molar-refractivity contribution in [2.45, 2.75) is 25.4 Å². The van der Waals surface area contributed by atoms with Gasteiger partial charge < -0.3 is 10.6 Å². The van der Waals surface area contributed by atoms with Gasteiger partial charge >= 0.3 is 0 Å². The van der Waals surface area contributed by atoms with Crippen LogP contribution in [0, 0.1) is 0 Å². The number of rotatable bonds is 5. The van der Waals surface area contributed by atoms with Crippen molar-refractivity contribution in [3.8, 4) is 0 Å². The van der Waals surface area contributed by atoms with E-state index in [0.29, 0.717) is 16.7 Å². The van der Waals surface area contributed by atoms with E-state index in [-0.39, 0.29) is 0 Å². The first kappa shape index (κ1) is 12.5. The van der Waals surface area contributed by atoms with Crippen molar-refractivity contribution in [3.63, 3.8) is 0 Å². The van der Waals surface area contributed by atoms with E-state index in [9.17, 15) is 0 Å². The summed E-state index contributed by atoms with van der Waals surface area (Å²) >= 11 is 6.78. The average Bonchev–Trinajstić information content (AvgIpc) is 3.13. The number of anilines is 1. The Morgan fingerprint density at radius 1 is 1.42 bits per heavy atom. The van der Waals surface area contributed by atoms with Gasteiger partial charge in [-0.3, -0.25) is 0 Å². The number of hydrogen-bond donors (Lipinski definition) is 1. The minimum absolute atomic E-state index is 0.305. The van der Waals surface area contributed by atoms with Crippen LogP contribution in [-0.4, -0.2) is 21.0 Å². The molecule has 2 aromatic heterocycles. The topological polar surface area (TPSA) is 55.0 Å². The fourth-order valence-electron chi connectivity index (χ4n) is 2.06. The van der Waals surface area contributed by atoms with Crippen LogP contribution >= 0.6 is 23.6 Å². The molecule has 0 aliphatic heterocycles. The Morgan fingerprint density at radius 3 is 2.84 bits per heavy atom. The third-order valence-corrected chi connectivity index (χ3v) is 4.03. The molecule has 3 rings (SSSR count). The lowest BCUT2D eigenvalue weighted by Gasteiger charge is -2.24. The van der Waals surface area contributed by atoms with E-state index < -0.39 is 0 Å². The van der Waals surface area contributed by atoms with E-state index in [0.717, 1.165) is 12.4 Å². The van der Waals surface area contributed by atoms with Gasteiger partial charge in [0.15, 0.2) is 5.82 Å². The van der Waals surface area contributed by atoms with Crippen LogP contribution in [-0.2, 0) is 6.54 Å². The lowest BCUT2D eigenvalue weighted by Crippen LogP contribution is -2.29. The van der Waals surface area contributed by atoms with Gasteiger partial charge in [0.05, 0.1) is 0 Å². The fourth-order valence-corrected chi connectivity index (χ4v) is 2.86. The van der Waals surface area contributed by atoms with Crippen molar-refractivity contribution in [2.24, 2.45) is 5.73 Å². The molecule has 0 amide bonds. The summed E-state index contributed by atoms with van der Waals surface area (Å²) in [5.74, 6) is 0.809. The van der Waals surface area contributed by atoms with Crippen molar-refractivity contribution in [1.29, 1.82) is 0 Å². The molecule has 1 fully saturated rings. The van der Waals surface area contributed by atoms with Crippen LogP contribution in [0.25, 0.3) is 0 Å². The molecule has 0 atom stereocenters. The summed E-state index contributed by atoms with van der Waals surface area (Å²) < 4.78 is 0. The zero-order chi connectivity index (χ0) is 13.2. The van der Waals surface area contributed by atoms with Gasteiger partial charge in [0.25, 0.3) is 0 Å². The molecule has 0 aromatic carbocycles. The molecule has 2 heterocycles. The molecular formula is C13H14N4S2. The molecule has 1 aliphatic carbocycles. The molecule has 0 radical (unpaired) electrons. The van der Waals surface area contributed by atoms with Gasteiger partial charge in [0.2, 0.25) is 0 Å². The molecular weight excluding hydrogens is 276 g/mol. The quantitative estimate of drug-likeness (QED) is 0.857. The zero-order valence-electron chi connectivity index (χ0n) is 10.3. The van der Waals surface area contributed by atoms with Crippen LogP contribution in [0.1, 0.15) is 24.1 Å². The summed E-state index contributed by atoms with van der Waals surface area (Å²) in [6.07, 6.45) is 5.71. The standard InChI is InChI=1S/C13H14N4S2/c14-12(18)11-13(16-5-4-15-11)17(10-1-2-10)7-9-3-6-19-8-9/h3-6,8,10H,1-2,7H2,(H2,14,18). The molecule has 0 saturated heterocycles. The van der Waals surface area contributed by atoms with Gasteiger partial charge in [-0.05, 0) is 35.2 Å². The monoisotopic (exact) mass is 290 g/mol. The second kappa shape index (κ2) is 5.22. The van der Waals surface area contributed by atoms with Crippen molar-refractivity contribution in [2.75, 3.05) is 4.90 Å². The molecule has 4 nitrogen and oxygen atoms in total. The predicted molar refractivity (Wildman–Crippen MR) is 81.4 cm³/mol. The van der Waals surface area contributed by atoms with E-state index in [1.54, 1.807) is 23.7 Å². The van der Waals surface area contributed by atoms with Crippen LogP contribution in [0.15, 0.2) is 29.2 Å². The zero-order valence-corrected chi connectivity index (χ0v) is 12.0.